The average molecular weight is 130 g/mol. The van der Waals surface area contributed by atoms with Crippen molar-refractivity contribution in [1.29, 1.82) is 0 Å². The summed E-state index contributed by atoms with van der Waals surface area (Å²) < 4.78 is 5.15. The molecule has 1 saturated heterocycles. The normalized spacial score (nSPS) is 45.0. The Morgan fingerprint density at radius 3 is 2.44 bits per heavy atom. The largest absolute Gasteiger partial charge is 0.368 e. The Labute approximate surface area is 55.8 Å². The molecule has 2 heteroatoms. The Bertz CT molecular complexity index is 92.9. The summed E-state index contributed by atoms with van der Waals surface area (Å²) in [4.78, 5) is 0. The topological polar surface area (TPSA) is 29.5 Å². The third-order valence-corrected chi connectivity index (χ3v) is 1.89. The maximum absolute atomic E-state index is 9.13. The molecule has 3 atom stereocenters. The molecule has 0 unspecified atom stereocenters. The molecule has 1 N–H and O–H groups in total. The second kappa shape index (κ2) is 2.67. The van der Waals surface area contributed by atoms with Crippen LogP contribution in [0.3, 0.4) is 0 Å². The van der Waals surface area contributed by atoms with Crippen LogP contribution in [0.2, 0.25) is 0 Å². The first-order chi connectivity index (χ1) is 4.20. The van der Waals surface area contributed by atoms with E-state index >= 15 is 0 Å². The molecular weight excluding hydrogens is 116 g/mol. The monoisotopic (exact) mass is 130 g/mol. The van der Waals surface area contributed by atoms with Crippen molar-refractivity contribution in [3.63, 3.8) is 0 Å². The standard InChI is InChI=1S/C7H14O2/c1-5-3-4-6(2)9-7(5)8/h5-8H,3-4H2,1-2H3/t5-,6+,7-/m0/s1. The summed E-state index contributed by atoms with van der Waals surface area (Å²) in [6.45, 7) is 4.01. The Balaban J connectivity index is 2.35. The number of aliphatic hydroxyl groups is 1. The molecule has 0 aromatic rings. The van der Waals surface area contributed by atoms with Crippen LogP contribution in [0, 0.1) is 5.92 Å². The molecule has 0 aromatic heterocycles. The summed E-state index contributed by atoms with van der Waals surface area (Å²) in [5, 5.41) is 9.13. The minimum Gasteiger partial charge on any atom is -0.368 e. The molecule has 0 radical (unpaired) electrons. The second-order valence-corrected chi connectivity index (χ2v) is 2.89. The lowest BCUT2D eigenvalue weighted by molar-refractivity contribution is -0.184. The number of hydrogen-bond donors (Lipinski definition) is 1. The van der Waals surface area contributed by atoms with Gasteiger partial charge in [-0.2, -0.15) is 0 Å². The molecule has 0 spiro atoms. The van der Waals surface area contributed by atoms with E-state index in [-0.39, 0.29) is 6.10 Å². The fourth-order valence-corrected chi connectivity index (χ4v) is 1.08. The van der Waals surface area contributed by atoms with Crippen molar-refractivity contribution in [3.8, 4) is 0 Å². The molecule has 0 aromatic carbocycles. The second-order valence-electron chi connectivity index (χ2n) is 2.89. The fourth-order valence-electron chi connectivity index (χ4n) is 1.08. The van der Waals surface area contributed by atoms with Gasteiger partial charge in [-0.15, -0.1) is 0 Å². The van der Waals surface area contributed by atoms with Gasteiger partial charge in [-0.05, 0) is 19.8 Å². The van der Waals surface area contributed by atoms with Crippen molar-refractivity contribution in [2.75, 3.05) is 0 Å². The van der Waals surface area contributed by atoms with E-state index in [0.717, 1.165) is 12.8 Å². The third-order valence-electron chi connectivity index (χ3n) is 1.89. The quantitative estimate of drug-likeness (QED) is 0.533. The van der Waals surface area contributed by atoms with Gasteiger partial charge in [-0.1, -0.05) is 6.92 Å². The zero-order valence-electron chi connectivity index (χ0n) is 6.00. The van der Waals surface area contributed by atoms with Crippen LogP contribution in [-0.2, 0) is 4.74 Å². The summed E-state index contributed by atoms with van der Waals surface area (Å²) >= 11 is 0. The van der Waals surface area contributed by atoms with Crippen LogP contribution in [0.4, 0.5) is 0 Å². The molecule has 1 fully saturated rings. The summed E-state index contributed by atoms with van der Waals surface area (Å²) in [5.41, 5.74) is 0. The molecule has 0 bridgehead atoms. The molecule has 1 aliphatic rings. The van der Waals surface area contributed by atoms with Crippen molar-refractivity contribution in [2.45, 2.75) is 39.1 Å². The molecular formula is C7H14O2. The highest BCUT2D eigenvalue weighted by Gasteiger charge is 2.23. The van der Waals surface area contributed by atoms with Crippen LogP contribution in [0.25, 0.3) is 0 Å². The minimum atomic E-state index is -0.520. The lowest BCUT2D eigenvalue weighted by atomic mass is 10.00. The van der Waals surface area contributed by atoms with E-state index in [9.17, 15) is 0 Å². The van der Waals surface area contributed by atoms with Gasteiger partial charge in [-0.3, -0.25) is 0 Å². The Kier molecular flexibility index (Phi) is 2.09. The van der Waals surface area contributed by atoms with Gasteiger partial charge < -0.3 is 9.84 Å². The molecule has 1 aliphatic heterocycles. The van der Waals surface area contributed by atoms with Gasteiger partial charge in [0.2, 0.25) is 0 Å². The van der Waals surface area contributed by atoms with Gasteiger partial charge >= 0.3 is 0 Å². The van der Waals surface area contributed by atoms with E-state index in [1.807, 2.05) is 13.8 Å². The van der Waals surface area contributed by atoms with Gasteiger partial charge in [-0.25, -0.2) is 0 Å². The van der Waals surface area contributed by atoms with E-state index in [1.54, 1.807) is 0 Å². The molecule has 9 heavy (non-hydrogen) atoms. The van der Waals surface area contributed by atoms with Crippen LogP contribution in [0.1, 0.15) is 26.7 Å². The van der Waals surface area contributed by atoms with Crippen LogP contribution < -0.4 is 0 Å². The van der Waals surface area contributed by atoms with Crippen LogP contribution in [0.15, 0.2) is 0 Å². The Hall–Kier alpha value is -0.0800. The van der Waals surface area contributed by atoms with E-state index < -0.39 is 6.29 Å². The van der Waals surface area contributed by atoms with Crippen molar-refractivity contribution in [2.24, 2.45) is 5.92 Å². The highest BCUT2D eigenvalue weighted by atomic mass is 16.6. The number of aliphatic hydroxyl groups excluding tert-OH is 1. The first kappa shape index (κ1) is 7.03. The van der Waals surface area contributed by atoms with Gasteiger partial charge in [0.1, 0.15) is 0 Å². The number of ether oxygens (including phenoxy) is 1. The number of rotatable bonds is 0. The van der Waals surface area contributed by atoms with Gasteiger partial charge in [0, 0.05) is 5.92 Å². The zero-order chi connectivity index (χ0) is 6.85. The minimum absolute atomic E-state index is 0.246. The lowest BCUT2D eigenvalue weighted by Crippen LogP contribution is -2.31. The predicted molar refractivity (Wildman–Crippen MR) is 35.0 cm³/mol. The first-order valence-electron chi connectivity index (χ1n) is 3.53. The predicted octanol–water partition coefficient (Wildman–Crippen LogP) is 1.14. The smallest absolute Gasteiger partial charge is 0.157 e. The van der Waals surface area contributed by atoms with E-state index in [0.29, 0.717) is 5.92 Å². The summed E-state index contributed by atoms with van der Waals surface area (Å²) in [6, 6.07) is 0. The molecule has 1 rings (SSSR count). The maximum Gasteiger partial charge on any atom is 0.157 e. The third kappa shape index (κ3) is 1.66. The van der Waals surface area contributed by atoms with Gasteiger partial charge in [0.15, 0.2) is 6.29 Å². The summed E-state index contributed by atoms with van der Waals surface area (Å²) in [7, 11) is 0. The molecule has 2 nitrogen and oxygen atoms in total. The molecule has 0 amide bonds. The SMILES string of the molecule is C[C@@H]1CC[C@H](C)[C@@H](O)O1. The summed E-state index contributed by atoms with van der Waals surface area (Å²) in [6.07, 6.45) is 1.89. The highest BCUT2D eigenvalue weighted by Crippen LogP contribution is 2.22. The highest BCUT2D eigenvalue weighted by molar-refractivity contribution is 4.66. The van der Waals surface area contributed by atoms with Crippen molar-refractivity contribution < 1.29 is 9.84 Å². The van der Waals surface area contributed by atoms with E-state index in [2.05, 4.69) is 0 Å². The lowest BCUT2D eigenvalue weighted by Gasteiger charge is -2.29. The zero-order valence-corrected chi connectivity index (χ0v) is 6.00. The van der Waals surface area contributed by atoms with Crippen molar-refractivity contribution in [3.05, 3.63) is 0 Å². The van der Waals surface area contributed by atoms with E-state index in [1.165, 1.54) is 0 Å². The van der Waals surface area contributed by atoms with Crippen molar-refractivity contribution in [1.82, 2.24) is 0 Å². The number of hydrogen-bond acceptors (Lipinski definition) is 2. The van der Waals surface area contributed by atoms with Gasteiger partial charge in [0.05, 0.1) is 6.10 Å². The maximum atomic E-state index is 9.13. The van der Waals surface area contributed by atoms with Crippen LogP contribution >= 0.6 is 0 Å². The first-order valence-corrected chi connectivity index (χ1v) is 3.53. The van der Waals surface area contributed by atoms with E-state index in [4.69, 9.17) is 9.84 Å². The van der Waals surface area contributed by atoms with Crippen LogP contribution in [0.5, 0.6) is 0 Å². The van der Waals surface area contributed by atoms with Crippen molar-refractivity contribution >= 4 is 0 Å². The Morgan fingerprint density at radius 2 is 2.00 bits per heavy atom. The Morgan fingerprint density at radius 1 is 1.33 bits per heavy atom. The fraction of sp³-hybridized carbons (Fsp3) is 1.00. The van der Waals surface area contributed by atoms with Crippen LogP contribution in [-0.4, -0.2) is 17.5 Å². The molecule has 1 heterocycles. The summed E-state index contributed by atoms with van der Waals surface area (Å²) in [5.74, 6) is 0.321. The molecule has 0 saturated carbocycles. The molecule has 0 aliphatic carbocycles. The van der Waals surface area contributed by atoms with Gasteiger partial charge in [0.25, 0.3) is 0 Å². The average Bonchev–Trinajstić information content (AvgIpc) is 1.80. The molecule has 54 valence electrons.